The molecule has 0 aliphatic carbocycles. The summed E-state index contributed by atoms with van der Waals surface area (Å²) in [6.45, 7) is 2.56. The van der Waals surface area contributed by atoms with Crippen LogP contribution in [-0.2, 0) is 20.3 Å². The zero-order valence-corrected chi connectivity index (χ0v) is 13.4. The number of anilines is 2. The van der Waals surface area contributed by atoms with E-state index in [1.807, 2.05) is 6.92 Å². The van der Waals surface area contributed by atoms with Crippen molar-refractivity contribution in [2.45, 2.75) is 31.1 Å². The number of nitrogens with two attached hydrogens (primary N) is 1. The van der Waals surface area contributed by atoms with E-state index in [9.17, 15) is 9.00 Å². The van der Waals surface area contributed by atoms with Crippen molar-refractivity contribution in [3.05, 3.63) is 23.2 Å². The molecule has 116 valence electrons. The van der Waals surface area contributed by atoms with Gasteiger partial charge in [0.05, 0.1) is 22.7 Å². The molecule has 1 saturated heterocycles. The number of rotatable bonds is 5. The van der Waals surface area contributed by atoms with Crippen LogP contribution < -0.4 is 11.1 Å². The second-order valence-corrected chi connectivity index (χ2v) is 7.23. The van der Waals surface area contributed by atoms with Crippen molar-refractivity contribution >= 4 is 39.7 Å². The molecule has 3 atom stereocenters. The number of halogens is 1. The Balaban J connectivity index is 1.84. The topological polar surface area (TPSA) is 81.4 Å². The molecule has 1 aliphatic rings. The van der Waals surface area contributed by atoms with Gasteiger partial charge in [-0.2, -0.15) is 0 Å². The molecule has 1 aliphatic heterocycles. The summed E-state index contributed by atoms with van der Waals surface area (Å²) >= 11 is 5.86. The van der Waals surface area contributed by atoms with Gasteiger partial charge >= 0.3 is 0 Å². The molecule has 0 bridgehead atoms. The van der Waals surface area contributed by atoms with Gasteiger partial charge in [0, 0.05) is 34.6 Å². The molecular weight excluding hydrogens is 312 g/mol. The third-order valence-electron chi connectivity index (χ3n) is 3.46. The van der Waals surface area contributed by atoms with Crippen molar-refractivity contribution in [3.8, 4) is 0 Å². The average molecular weight is 331 g/mol. The summed E-state index contributed by atoms with van der Waals surface area (Å²) in [5.74, 6) is 0.105. The molecule has 1 amide bonds. The van der Waals surface area contributed by atoms with E-state index in [-0.39, 0.29) is 23.7 Å². The summed E-state index contributed by atoms with van der Waals surface area (Å²) in [4.78, 5) is 11.9. The van der Waals surface area contributed by atoms with Crippen LogP contribution in [0.15, 0.2) is 18.2 Å². The highest BCUT2D eigenvalue weighted by Gasteiger charge is 2.29. The summed E-state index contributed by atoms with van der Waals surface area (Å²) in [7, 11) is -1.06. The molecule has 2 rings (SSSR count). The third-order valence-corrected chi connectivity index (χ3v) is 5.60. The first-order valence-electron chi connectivity index (χ1n) is 6.81. The van der Waals surface area contributed by atoms with Crippen LogP contribution in [0.3, 0.4) is 0 Å². The Morgan fingerprint density at radius 2 is 2.33 bits per heavy atom. The van der Waals surface area contributed by atoms with Crippen LogP contribution in [0.1, 0.15) is 19.8 Å². The minimum Gasteiger partial charge on any atom is -0.397 e. The molecule has 5 nitrogen and oxygen atoms in total. The van der Waals surface area contributed by atoms with Gasteiger partial charge in [0.25, 0.3) is 0 Å². The number of carbonyl (C=O) groups excluding carboxylic acids is 1. The normalized spacial score (nSPS) is 23.0. The smallest absolute Gasteiger partial charge is 0.225 e. The fourth-order valence-corrected chi connectivity index (χ4v) is 3.98. The summed E-state index contributed by atoms with van der Waals surface area (Å²) in [5.41, 5.74) is 6.69. The molecule has 0 spiro atoms. The molecule has 3 unspecified atom stereocenters. The second-order valence-electron chi connectivity index (χ2n) is 5.02. The van der Waals surface area contributed by atoms with E-state index in [1.54, 1.807) is 18.2 Å². The number of ether oxygens (including phenoxy) is 1. The second kappa shape index (κ2) is 7.24. The first-order valence-corrected chi connectivity index (χ1v) is 8.57. The van der Waals surface area contributed by atoms with E-state index in [4.69, 9.17) is 22.1 Å². The Kier molecular flexibility index (Phi) is 5.61. The summed E-state index contributed by atoms with van der Waals surface area (Å²) in [6, 6.07) is 4.88. The SMILES string of the molecule is CC1OCCC1S(=O)CCC(=O)Nc1cc(Cl)ccc1N. The van der Waals surface area contributed by atoms with Crippen LogP contribution in [0, 0.1) is 0 Å². The molecule has 0 radical (unpaired) electrons. The van der Waals surface area contributed by atoms with Gasteiger partial charge in [0.2, 0.25) is 5.91 Å². The minimum absolute atomic E-state index is 0.00234. The zero-order valence-electron chi connectivity index (χ0n) is 11.8. The molecule has 1 aromatic rings. The quantitative estimate of drug-likeness (QED) is 0.811. The van der Waals surface area contributed by atoms with Crippen LogP contribution in [0.2, 0.25) is 5.02 Å². The third kappa shape index (κ3) is 4.43. The fraction of sp³-hybridized carbons (Fsp3) is 0.500. The van der Waals surface area contributed by atoms with Crippen molar-refractivity contribution in [1.82, 2.24) is 0 Å². The highest BCUT2D eigenvalue weighted by molar-refractivity contribution is 7.85. The van der Waals surface area contributed by atoms with Gasteiger partial charge in [-0.1, -0.05) is 11.6 Å². The van der Waals surface area contributed by atoms with Gasteiger partial charge < -0.3 is 15.8 Å². The van der Waals surface area contributed by atoms with Crippen molar-refractivity contribution in [3.63, 3.8) is 0 Å². The lowest BCUT2D eigenvalue weighted by Gasteiger charge is -2.13. The van der Waals surface area contributed by atoms with E-state index in [1.165, 1.54) is 0 Å². The van der Waals surface area contributed by atoms with Crippen LogP contribution in [0.25, 0.3) is 0 Å². The maximum Gasteiger partial charge on any atom is 0.225 e. The largest absolute Gasteiger partial charge is 0.397 e. The van der Waals surface area contributed by atoms with Crippen LogP contribution in [-0.4, -0.2) is 33.8 Å². The molecule has 7 heteroatoms. The summed E-state index contributed by atoms with van der Waals surface area (Å²) in [5, 5.41) is 3.22. The number of nitrogen functional groups attached to an aromatic ring is 1. The Morgan fingerprint density at radius 3 is 3.00 bits per heavy atom. The predicted molar refractivity (Wildman–Crippen MR) is 85.9 cm³/mol. The molecule has 1 fully saturated rings. The summed E-state index contributed by atoms with van der Waals surface area (Å²) in [6.07, 6.45) is 0.968. The van der Waals surface area contributed by atoms with E-state index in [0.717, 1.165) is 6.42 Å². The van der Waals surface area contributed by atoms with Crippen molar-refractivity contribution in [2.24, 2.45) is 0 Å². The van der Waals surface area contributed by atoms with Gasteiger partial charge in [-0.15, -0.1) is 0 Å². The Hall–Kier alpha value is -1.11. The minimum atomic E-state index is -1.06. The first kappa shape index (κ1) is 16.3. The monoisotopic (exact) mass is 330 g/mol. The van der Waals surface area contributed by atoms with Crippen molar-refractivity contribution in [2.75, 3.05) is 23.4 Å². The van der Waals surface area contributed by atoms with Crippen LogP contribution >= 0.6 is 11.6 Å². The Morgan fingerprint density at radius 1 is 1.57 bits per heavy atom. The molecule has 0 saturated carbocycles. The molecule has 0 aromatic heterocycles. The Bertz CT molecular complexity index is 553. The Labute approximate surface area is 131 Å². The molecule has 1 heterocycles. The number of hydrogen-bond acceptors (Lipinski definition) is 4. The lowest BCUT2D eigenvalue weighted by Crippen LogP contribution is -2.26. The molecule has 21 heavy (non-hydrogen) atoms. The van der Waals surface area contributed by atoms with Gasteiger partial charge in [-0.3, -0.25) is 9.00 Å². The molecular formula is C14H19ClN2O3S. The van der Waals surface area contributed by atoms with E-state index in [0.29, 0.717) is 28.8 Å². The maximum atomic E-state index is 12.1. The zero-order chi connectivity index (χ0) is 15.4. The van der Waals surface area contributed by atoms with Gasteiger partial charge in [-0.25, -0.2) is 0 Å². The van der Waals surface area contributed by atoms with Crippen molar-refractivity contribution < 1.29 is 13.7 Å². The first-order chi connectivity index (χ1) is 9.97. The van der Waals surface area contributed by atoms with Crippen LogP contribution in [0.4, 0.5) is 11.4 Å². The van der Waals surface area contributed by atoms with Crippen LogP contribution in [0.5, 0.6) is 0 Å². The van der Waals surface area contributed by atoms with E-state index in [2.05, 4.69) is 5.32 Å². The van der Waals surface area contributed by atoms with Crippen molar-refractivity contribution in [1.29, 1.82) is 0 Å². The summed E-state index contributed by atoms with van der Waals surface area (Å²) < 4.78 is 17.5. The maximum absolute atomic E-state index is 12.1. The van der Waals surface area contributed by atoms with Gasteiger partial charge in [0.1, 0.15) is 0 Å². The fourth-order valence-electron chi connectivity index (χ4n) is 2.25. The number of carbonyl (C=O) groups is 1. The standard InChI is InChI=1S/C14H19ClN2O3S/c1-9-13(4-6-20-9)21(19)7-5-14(18)17-12-8-10(15)2-3-11(12)16/h2-3,8-9,13H,4-7,16H2,1H3,(H,17,18). The lowest BCUT2D eigenvalue weighted by molar-refractivity contribution is -0.115. The molecule has 3 N–H and O–H groups in total. The van der Waals surface area contributed by atoms with E-state index >= 15 is 0 Å². The number of amides is 1. The number of nitrogens with one attached hydrogen (secondary N) is 1. The number of benzene rings is 1. The average Bonchev–Trinajstić information content (AvgIpc) is 2.86. The van der Waals surface area contributed by atoms with Gasteiger partial charge in [0.15, 0.2) is 0 Å². The molecule has 1 aromatic carbocycles. The number of hydrogen-bond donors (Lipinski definition) is 2. The lowest BCUT2D eigenvalue weighted by atomic mass is 10.2. The van der Waals surface area contributed by atoms with E-state index < -0.39 is 10.8 Å². The highest BCUT2D eigenvalue weighted by Crippen LogP contribution is 2.23. The van der Waals surface area contributed by atoms with Gasteiger partial charge in [-0.05, 0) is 31.5 Å². The predicted octanol–water partition coefficient (Wildman–Crippen LogP) is 2.18. The highest BCUT2D eigenvalue weighted by atomic mass is 35.5.